The van der Waals surface area contributed by atoms with Crippen LogP contribution in [0.4, 0.5) is 0 Å². The largest absolute Gasteiger partial charge is 0.463 e. The van der Waals surface area contributed by atoms with Gasteiger partial charge >= 0.3 is 0 Å². The highest BCUT2D eigenvalue weighted by Crippen LogP contribution is 2.24. The molecule has 1 aliphatic heterocycles. The second-order valence-corrected chi connectivity index (χ2v) is 3.66. The number of rotatable bonds is 0. The van der Waals surface area contributed by atoms with Crippen molar-refractivity contribution in [2.75, 3.05) is 6.61 Å². The molecule has 1 aliphatic rings. The van der Waals surface area contributed by atoms with E-state index >= 15 is 0 Å². The summed E-state index contributed by atoms with van der Waals surface area (Å²) < 4.78 is 5.02. The number of amidine groups is 1. The van der Waals surface area contributed by atoms with Gasteiger partial charge in [-0.2, -0.15) is 0 Å². The minimum absolute atomic E-state index is 0.168. The highest BCUT2D eigenvalue weighted by Gasteiger charge is 2.28. The maximum Gasteiger partial charge on any atom is 0.282 e. The van der Waals surface area contributed by atoms with Crippen LogP contribution in [-0.2, 0) is 4.74 Å². The first-order valence-electron chi connectivity index (χ1n) is 3.46. The molecule has 3 nitrogen and oxygen atoms in total. The highest BCUT2D eigenvalue weighted by atomic mass is 16.5. The van der Waals surface area contributed by atoms with Gasteiger partial charge in [-0.3, -0.25) is 0 Å². The van der Waals surface area contributed by atoms with Crippen LogP contribution in [0.2, 0.25) is 0 Å². The van der Waals surface area contributed by atoms with Crippen LogP contribution < -0.4 is 5.73 Å². The lowest BCUT2D eigenvalue weighted by Crippen LogP contribution is -2.25. The van der Waals surface area contributed by atoms with Crippen molar-refractivity contribution in [2.24, 2.45) is 16.1 Å². The lowest BCUT2D eigenvalue weighted by molar-refractivity contribution is 0.234. The summed E-state index contributed by atoms with van der Waals surface area (Å²) in [7, 11) is 0. The molecule has 0 unspecified atom stereocenters. The molecule has 0 aromatic rings. The van der Waals surface area contributed by atoms with Crippen molar-refractivity contribution in [3.05, 3.63) is 0 Å². The van der Waals surface area contributed by atoms with Crippen molar-refractivity contribution in [1.29, 1.82) is 0 Å². The summed E-state index contributed by atoms with van der Waals surface area (Å²) >= 11 is 0. The zero-order valence-electron chi connectivity index (χ0n) is 6.72. The minimum atomic E-state index is 0.168. The first-order chi connectivity index (χ1) is 4.50. The summed E-state index contributed by atoms with van der Waals surface area (Å²) in [6.07, 6.45) is 0. The molecule has 2 N–H and O–H groups in total. The number of hydrogen-bond acceptors (Lipinski definition) is 3. The molecule has 1 heterocycles. The Morgan fingerprint density at radius 2 is 2.20 bits per heavy atom. The number of nitrogens with zero attached hydrogens (tertiary/aromatic N) is 1. The number of hydrogen-bond donors (Lipinski definition) is 1. The monoisotopic (exact) mass is 142 g/mol. The first kappa shape index (κ1) is 7.38. The van der Waals surface area contributed by atoms with E-state index in [1.165, 1.54) is 0 Å². The molecule has 58 valence electrons. The molecule has 1 atom stereocenters. The van der Waals surface area contributed by atoms with E-state index in [1.807, 2.05) is 0 Å². The third kappa shape index (κ3) is 1.40. The molecule has 1 rings (SSSR count). The highest BCUT2D eigenvalue weighted by molar-refractivity contribution is 5.73. The summed E-state index contributed by atoms with van der Waals surface area (Å²) in [5.41, 5.74) is 5.52. The van der Waals surface area contributed by atoms with Crippen LogP contribution >= 0.6 is 0 Å². The first-order valence-corrected chi connectivity index (χ1v) is 3.46. The fourth-order valence-electron chi connectivity index (χ4n) is 0.836. The van der Waals surface area contributed by atoms with E-state index in [0.29, 0.717) is 12.6 Å². The number of nitrogens with two attached hydrogens (primary N) is 1. The third-order valence-electron chi connectivity index (χ3n) is 1.67. The summed E-state index contributed by atoms with van der Waals surface area (Å²) in [4.78, 5) is 4.13. The zero-order valence-corrected chi connectivity index (χ0v) is 6.72. The van der Waals surface area contributed by atoms with Gasteiger partial charge in [0.05, 0.1) is 6.04 Å². The Morgan fingerprint density at radius 3 is 2.40 bits per heavy atom. The molecule has 0 fully saturated rings. The second kappa shape index (κ2) is 2.15. The van der Waals surface area contributed by atoms with E-state index in [9.17, 15) is 0 Å². The van der Waals surface area contributed by atoms with Gasteiger partial charge in [-0.1, -0.05) is 20.8 Å². The van der Waals surface area contributed by atoms with E-state index in [2.05, 4.69) is 25.8 Å². The van der Waals surface area contributed by atoms with Gasteiger partial charge in [0.15, 0.2) is 0 Å². The molecular formula is C7H14N2O. The van der Waals surface area contributed by atoms with Gasteiger partial charge in [-0.25, -0.2) is 4.99 Å². The fourth-order valence-corrected chi connectivity index (χ4v) is 0.836. The standard InChI is InChI=1S/C7H14N2O/c1-7(2,3)5-4-10-6(8)9-5/h5H,4H2,1-3H3,(H2,8,9)/t5-/m0/s1. The van der Waals surface area contributed by atoms with Gasteiger partial charge in [-0.15, -0.1) is 0 Å². The predicted octanol–water partition coefficient (Wildman–Crippen LogP) is 0.746. The molecule has 0 saturated heterocycles. The smallest absolute Gasteiger partial charge is 0.282 e. The molecule has 0 aromatic carbocycles. The van der Waals surface area contributed by atoms with Crippen LogP contribution in [0.15, 0.2) is 4.99 Å². The molecular weight excluding hydrogens is 128 g/mol. The van der Waals surface area contributed by atoms with Crippen LogP contribution in [0.1, 0.15) is 20.8 Å². The van der Waals surface area contributed by atoms with Crippen LogP contribution in [0.3, 0.4) is 0 Å². The average molecular weight is 142 g/mol. The quantitative estimate of drug-likeness (QED) is 0.542. The Kier molecular flexibility index (Phi) is 1.58. The van der Waals surface area contributed by atoms with Crippen LogP contribution in [0, 0.1) is 5.41 Å². The van der Waals surface area contributed by atoms with Crippen LogP contribution in [0.25, 0.3) is 0 Å². The normalized spacial score (nSPS) is 25.9. The van der Waals surface area contributed by atoms with Crippen LogP contribution in [-0.4, -0.2) is 18.7 Å². The second-order valence-electron chi connectivity index (χ2n) is 3.66. The van der Waals surface area contributed by atoms with E-state index in [0.717, 1.165) is 0 Å². The van der Waals surface area contributed by atoms with Crippen molar-refractivity contribution >= 4 is 6.02 Å². The lowest BCUT2D eigenvalue weighted by atomic mass is 9.88. The molecule has 0 aromatic heterocycles. The summed E-state index contributed by atoms with van der Waals surface area (Å²) in [6, 6.07) is 0.562. The molecule has 10 heavy (non-hydrogen) atoms. The van der Waals surface area contributed by atoms with Crippen molar-refractivity contribution in [3.63, 3.8) is 0 Å². The van der Waals surface area contributed by atoms with E-state index < -0.39 is 0 Å². The molecule has 0 aliphatic carbocycles. The number of ether oxygens (including phenoxy) is 1. The van der Waals surface area contributed by atoms with Gasteiger partial charge in [0.25, 0.3) is 6.02 Å². The Balaban J connectivity index is 2.61. The van der Waals surface area contributed by atoms with Crippen molar-refractivity contribution in [2.45, 2.75) is 26.8 Å². The van der Waals surface area contributed by atoms with E-state index in [-0.39, 0.29) is 11.5 Å². The molecule has 0 amide bonds. The molecule has 0 radical (unpaired) electrons. The van der Waals surface area contributed by atoms with Gasteiger partial charge in [0.2, 0.25) is 0 Å². The van der Waals surface area contributed by atoms with Gasteiger partial charge in [0, 0.05) is 0 Å². The maximum absolute atomic E-state index is 5.35. The maximum atomic E-state index is 5.35. The third-order valence-corrected chi connectivity index (χ3v) is 1.67. The van der Waals surface area contributed by atoms with Crippen LogP contribution in [0.5, 0.6) is 0 Å². The average Bonchev–Trinajstić information content (AvgIpc) is 2.11. The zero-order chi connectivity index (χ0) is 7.78. The fraction of sp³-hybridized carbons (Fsp3) is 0.857. The number of aliphatic imine (C=N–C) groups is 1. The van der Waals surface area contributed by atoms with Crippen molar-refractivity contribution in [1.82, 2.24) is 0 Å². The summed E-state index contributed by atoms with van der Waals surface area (Å²) in [5, 5.41) is 0. The van der Waals surface area contributed by atoms with Gasteiger partial charge in [0.1, 0.15) is 6.61 Å². The predicted molar refractivity (Wildman–Crippen MR) is 40.8 cm³/mol. The SMILES string of the molecule is CC(C)(C)[C@@H]1COC(N)=N1. The molecule has 0 saturated carbocycles. The van der Waals surface area contributed by atoms with Crippen molar-refractivity contribution < 1.29 is 4.74 Å². The molecule has 0 spiro atoms. The van der Waals surface area contributed by atoms with E-state index in [1.54, 1.807) is 0 Å². The summed E-state index contributed by atoms with van der Waals surface area (Å²) in [6.45, 7) is 7.02. The minimum Gasteiger partial charge on any atom is -0.463 e. The Hall–Kier alpha value is -0.730. The Bertz CT molecular complexity index is 157. The molecule has 3 heteroatoms. The topological polar surface area (TPSA) is 47.6 Å². The lowest BCUT2D eigenvalue weighted by Gasteiger charge is -2.21. The van der Waals surface area contributed by atoms with Gasteiger partial charge in [-0.05, 0) is 5.41 Å². The van der Waals surface area contributed by atoms with E-state index in [4.69, 9.17) is 10.5 Å². The molecule has 0 bridgehead atoms. The van der Waals surface area contributed by atoms with Gasteiger partial charge < -0.3 is 10.5 Å². The van der Waals surface area contributed by atoms with Crippen molar-refractivity contribution in [3.8, 4) is 0 Å². The summed E-state index contributed by atoms with van der Waals surface area (Å²) in [5.74, 6) is 0. The Labute approximate surface area is 61.3 Å². The Morgan fingerprint density at radius 1 is 1.60 bits per heavy atom.